The molecule has 1 aromatic heterocycles. The van der Waals surface area contributed by atoms with Crippen LogP contribution in [0.4, 0.5) is 0 Å². The van der Waals surface area contributed by atoms with Gasteiger partial charge in [0.15, 0.2) is 0 Å². The van der Waals surface area contributed by atoms with E-state index in [1.54, 1.807) is 11.0 Å². The maximum Gasteiger partial charge on any atom is 0.339 e. The summed E-state index contributed by atoms with van der Waals surface area (Å²) in [7, 11) is 1.26. The van der Waals surface area contributed by atoms with Crippen molar-refractivity contribution in [2.75, 3.05) is 26.7 Å². The van der Waals surface area contributed by atoms with Crippen molar-refractivity contribution in [2.24, 2.45) is 0 Å². The summed E-state index contributed by atoms with van der Waals surface area (Å²) in [6, 6.07) is 2.36. The molecule has 1 saturated carbocycles. The highest BCUT2D eigenvalue weighted by atomic mass is 16.5. The van der Waals surface area contributed by atoms with Gasteiger partial charge in [0.25, 0.3) is 0 Å². The molecule has 1 aliphatic rings. The Labute approximate surface area is 179 Å². The fourth-order valence-electron chi connectivity index (χ4n) is 4.01. The molecule has 1 unspecified atom stereocenters. The zero-order valence-electron chi connectivity index (χ0n) is 17.3. The van der Waals surface area contributed by atoms with Crippen LogP contribution in [0.3, 0.4) is 0 Å². The normalized spacial score (nSPS) is 18.7. The van der Waals surface area contributed by atoms with E-state index in [2.05, 4.69) is 9.72 Å². The zero-order chi connectivity index (χ0) is 23.0. The summed E-state index contributed by atoms with van der Waals surface area (Å²) >= 11 is 0. The highest BCUT2D eigenvalue weighted by molar-refractivity contribution is 5.88. The summed E-state index contributed by atoms with van der Waals surface area (Å²) in [5.41, 5.74) is 0.793. The maximum atomic E-state index is 11.6. The van der Waals surface area contributed by atoms with Crippen molar-refractivity contribution in [1.29, 1.82) is 0 Å². The van der Waals surface area contributed by atoms with Gasteiger partial charge in [0.2, 0.25) is 0 Å². The van der Waals surface area contributed by atoms with Gasteiger partial charge in [0, 0.05) is 24.8 Å². The van der Waals surface area contributed by atoms with Crippen LogP contribution in [-0.4, -0.2) is 92.8 Å². The molecular formula is C20H27N3O8. The second kappa shape index (κ2) is 11.4. The third-order valence-corrected chi connectivity index (χ3v) is 5.26. The molecular weight excluding hydrogens is 410 g/mol. The quantitative estimate of drug-likeness (QED) is 0.415. The number of carboxylic acid groups (broad SMARTS) is 3. The standard InChI is InChI=1S/C20H27N3O8/c1-31-20(30)13-6-7-14(21-8-13)9-22(10-17(24)25)15-4-2-3-5-16(15)23(11-18(26)27)12-19(28)29/h6-8,15-16H,2-5,9-12H2,1H3,(H,24,25)(H,26,27)(H,28,29)/t15-,16?/m0/s1. The minimum atomic E-state index is -1.14. The van der Waals surface area contributed by atoms with Crippen LogP contribution in [0.15, 0.2) is 18.3 Å². The zero-order valence-corrected chi connectivity index (χ0v) is 17.3. The number of carbonyl (C=O) groups excluding carboxylic acids is 1. The lowest BCUT2D eigenvalue weighted by Crippen LogP contribution is -2.56. The Morgan fingerprint density at radius 2 is 1.45 bits per heavy atom. The van der Waals surface area contributed by atoms with E-state index >= 15 is 0 Å². The Morgan fingerprint density at radius 3 is 1.90 bits per heavy atom. The van der Waals surface area contributed by atoms with E-state index in [-0.39, 0.29) is 24.7 Å². The SMILES string of the molecule is COC(=O)c1ccc(CN(CC(=O)O)[C@H]2CCCCC2N(CC(=O)O)CC(=O)O)nc1. The topological polar surface area (TPSA) is 158 Å². The Kier molecular flexibility index (Phi) is 8.88. The first-order chi connectivity index (χ1) is 14.7. The maximum absolute atomic E-state index is 11.6. The van der Waals surface area contributed by atoms with Crippen LogP contribution in [-0.2, 0) is 25.7 Å². The molecule has 0 bridgehead atoms. The summed E-state index contributed by atoms with van der Waals surface area (Å²) in [5.74, 6) is -3.88. The van der Waals surface area contributed by atoms with Gasteiger partial charge in [-0.05, 0) is 25.0 Å². The van der Waals surface area contributed by atoms with Crippen molar-refractivity contribution in [3.63, 3.8) is 0 Å². The number of hydrogen-bond acceptors (Lipinski definition) is 8. The van der Waals surface area contributed by atoms with E-state index in [4.69, 9.17) is 0 Å². The summed E-state index contributed by atoms with van der Waals surface area (Å²) in [6.07, 6.45) is 4.13. The Morgan fingerprint density at radius 1 is 0.935 bits per heavy atom. The third kappa shape index (κ3) is 7.30. The fourth-order valence-corrected chi connectivity index (χ4v) is 4.01. The molecule has 0 aromatic carbocycles. The van der Waals surface area contributed by atoms with E-state index in [1.165, 1.54) is 24.3 Å². The number of rotatable bonds is 11. The van der Waals surface area contributed by atoms with Gasteiger partial charge in [-0.2, -0.15) is 0 Å². The van der Waals surface area contributed by atoms with Crippen LogP contribution in [0, 0.1) is 0 Å². The van der Waals surface area contributed by atoms with Gasteiger partial charge in [-0.1, -0.05) is 12.8 Å². The van der Waals surface area contributed by atoms with Crippen LogP contribution >= 0.6 is 0 Å². The van der Waals surface area contributed by atoms with Crippen LogP contribution < -0.4 is 0 Å². The monoisotopic (exact) mass is 437 g/mol. The molecule has 0 aliphatic heterocycles. The van der Waals surface area contributed by atoms with Crippen molar-refractivity contribution in [3.05, 3.63) is 29.6 Å². The molecule has 2 atom stereocenters. The van der Waals surface area contributed by atoms with Crippen molar-refractivity contribution in [2.45, 2.75) is 44.3 Å². The van der Waals surface area contributed by atoms with Gasteiger partial charge in [-0.25, -0.2) is 4.79 Å². The lowest BCUT2D eigenvalue weighted by Gasteiger charge is -2.43. The molecule has 11 heteroatoms. The fraction of sp³-hybridized carbons (Fsp3) is 0.550. The lowest BCUT2D eigenvalue weighted by atomic mass is 9.87. The summed E-state index contributed by atoms with van der Waals surface area (Å²) in [5, 5.41) is 27.9. The molecule has 1 aliphatic carbocycles. The average Bonchev–Trinajstić information content (AvgIpc) is 2.72. The van der Waals surface area contributed by atoms with Crippen molar-refractivity contribution < 1.29 is 39.2 Å². The third-order valence-electron chi connectivity index (χ3n) is 5.26. The average molecular weight is 437 g/mol. The number of nitrogens with zero attached hydrogens (tertiary/aromatic N) is 3. The largest absolute Gasteiger partial charge is 0.480 e. The van der Waals surface area contributed by atoms with Gasteiger partial charge >= 0.3 is 23.9 Å². The lowest BCUT2D eigenvalue weighted by molar-refractivity contribution is -0.146. The van der Waals surface area contributed by atoms with Crippen LogP contribution in [0.25, 0.3) is 0 Å². The number of carbonyl (C=O) groups is 4. The van der Waals surface area contributed by atoms with E-state index in [9.17, 15) is 34.5 Å². The predicted molar refractivity (Wildman–Crippen MR) is 107 cm³/mol. The van der Waals surface area contributed by atoms with Crippen LogP contribution in [0.5, 0.6) is 0 Å². The van der Waals surface area contributed by atoms with Gasteiger partial charge in [-0.3, -0.25) is 29.2 Å². The molecule has 1 fully saturated rings. The highest BCUT2D eigenvalue weighted by Gasteiger charge is 2.36. The first kappa shape index (κ1) is 24.2. The number of pyridine rings is 1. The van der Waals surface area contributed by atoms with Crippen LogP contribution in [0.1, 0.15) is 41.7 Å². The number of aromatic nitrogens is 1. The Balaban J connectivity index is 2.27. The van der Waals surface area contributed by atoms with E-state index in [0.29, 0.717) is 18.5 Å². The summed E-state index contributed by atoms with van der Waals surface area (Å²) < 4.78 is 4.64. The molecule has 3 N–H and O–H groups in total. The van der Waals surface area contributed by atoms with Crippen molar-refractivity contribution in [1.82, 2.24) is 14.8 Å². The molecule has 0 amide bonds. The van der Waals surface area contributed by atoms with E-state index in [1.807, 2.05) is 0 Å². The smallest absolute Gasteiger partial charge is 0.339 e. The number of methoxy groups -OCH3 is 1. The summed E-state index contributed by atoms with van der Waals surface area (Å²) in [6.45, 7) is -1.04. The summed E-state index contributed by atoms with van der Waals surface area (Å²) in [4.78, 5) is 53.0. The molecule has 11 nitrogen and oxygen atoms in total. The van der Waals surface area contributed by atoms with Gasteiger partial charge in [-0.15, -0.1) is 0 Å². The first-order valence-electron chi connectivity index (χ1n) is 9.88. The first-order valence-corrected chi connectivity index (χ1v) is 9.88. The predicted octanol–water partition coefficient (Wildman–Crippen LogP) is 0.537. The molecule has 170 valence electrons. The molecule has 0 radical (unpaired) electrons. The number of hydrogen-bond donors (Lipinski definition) is 3. The van der Waals surface area contributed by atoms with E-state index < -0.39 is 43.0 Å². The van der Waals surface area contributed by atoms with Crippen molar-refractivity contribution >= 4 is 23.9 Å². The number of aliphatic carboxylic acids is 3. The van der Waals surface area contributed by atoms with Gasteiger partial charge in [0.1, 0.15) is 0 Å². The number of esters is 1. The molecule has 0 saturated heterocycles. The van der Waals surface area contributed by atoms with Gasteiger partial charge in [0.05, 0.1) is 38.0 Å². The second-order valence-electron chi connectivity index (χ2n) is 7.44. The van der Waals surface area contributed by atoms with Crippen LogP contribution in [0.2, 0.25) is 0 Å². The second-order valence-corrected chi connectivity index (χ2v) is 7.44. The van der Waals surface area contributed by atoms with E-state index in [0.717, 1.165) is 12.8 Å². The molecule has 1 aromatic rings. The highest BCUT2D eigenvalue weighted by Crippen LogP contribution is 2.28. The number of carboxylic acids is 3. The molecule has 2 rings (SSSR count). The molecule has 1 heterocycles. The Hall–Kier alpha value is -3.05. The minimum Gasteiger partial charge on any atom is -0.480 e. The minimum absolute atomic E-state index is 0.156. The Bertz CT molecular complexity index is 782. The molecule has 31 heavy (non-hydrogen) atoms. The van der Waals surface area contributed by atoms with Crippen molar-refractivity contribution in [3.8, 4) is 0 Å². The molecule has 0 spiro atoms. The van der Waals surface area contributed by atoms with Gasteiger partial charge < -0.3 is 20.1 Å². The number of ether oxygens (including phenoxy) is 1.